The average Bonchev–Trinajstić information content (AvgIpc) is 2.04. The summed E-state index contributed by atoms with van der Waals surface area (Å²) in [5.41, 5.74) is 0. The molecular weight excluding hydrogens is 196 g/mol. The van der Waals surface area contributed by atoms with E-state index >= 15 is 0 Å². The van der Waals surface area contributed by atoms with E-state index in [0.717, 1.165) is 0 Å². The van der Waals surface area contributed by atoms with Crippen molar-refractivity contribution < 1.29 is 13.6 Å². The Bertz CT molecular complexity index is 361. The molecule has 0 fully saturated rings. The molecular formula is C6H7N2O4S-. The zero-order valence-electron chi connectivity index (χ0n) is 6.41. The highest BCUT2D eigenvalue weighted by atomic mass is 32.2. The largest absolute Gasteiger partial charge is 0.747 e. The molecule has 0 amide bonds. The van der Waals surface area contributed by atoms with E-state index in [9.17, 15) is 13.6 Å². The molecule has 0 aromatic heterocycles. The van der Waals surface area contributed by atoms with Crippen LogP contribution in [-0.2, 0) is 10.0 Å². The Morgan fingerprint density at radius 2 is 1.85 bits per heavy atom. The van der Waals surface area contributed by atoms with E-state index < -0.39 is 15.4 Å². The Morgan fingerprint density at radius 3 is 2.31 bits per heavy atom. The fraction of sp³-hybridized carbons (Fsp3) is 0. The number of hydrazine groups is 1. The lowest BCUT2D eigenvalue weighted by molar-refractivity contribution is -0.0628. The van der Waals surface area contributed by atoms with Crippen LogP contribution >= 0.6 is 0 Å². The molecule has 0 heterocycles. The molecule has 0 aliphatic carbocycles. The maximum Gasteiger partial charge on any atom is 0.254 e. The molecule has 2 N–H and O–H groups in total. The second-order valence-corrected chi connectivity index (χ2v) is 3.84. The van der Waals surface area contributed by atoms with Gasteiger partial charge in [0.25, 0.3) is 10.0 Å². The summed E-state index contributed by atoms with van der Waals surface area (Å²) in [7, 11) is -3.95. The van der Waals surface area contributed by atoms with Crippen LogP contribution < -0.4 is 4.83 Å². The number of sulfonamides is 1. The lowest BCUT2D eigenvalue weighted by Gasteiger charge is -2.19. The normalized spacial score (nSPS) is 11.9. The van der Waals surface area contributed by atoms with Crippen molar-refractivity contribution in [3.8, 4) is 0 Å². The van der Waals surface area contributed by atoms with Crippen LogP contribution in [0.2, 0.25) is 0 Å². The molecule has 1 aromatic rings. The van der Waals surface area contributed by atoms with E-state index in [2.05, 4.69) is 0 Å². The Kier molecular flexibility index (Phi) is 2.96. The molecule has 13 heavy (non-hydrogen) atoms. The molecule has 0 unspecified atom stereocenters. The third kappa shape index (κ3) is 2.76. The molecule has 0 aliphatic rings. The zero-order valence-corrected chi connectivity index (χ0v) is 7.23. The zero-order chi connectivity index (χ0) is 9.90. The van der Waals surface area contributed by atoms with Crippen molar-refractivity contribution >= 4 is 10.0 Å². The summed E-state index contributed by atoms with van der Waals surface area (Å²) in [6.45, 7) is 0. The van der Waals surface area contributed by atoms with Gasteiger partial charge < -0.3 is 10.4 Å². The van der Waals surface area contributed by atoms with E-state index in [1.165, 1.54) is 29.1 Å². The second kappa shape index (κ2) is 3.81. The van der Waals surface area contributed by atoms with E-state index in [1.807, 2.05) is 0 Å². The summed E-state index contributed by atoms with van der Waals surface area (Å²) < 4.78 is 22.3. The lowest BCUT2D eigenvalue weighted by atomic mass is 10.4. The van der Waals surface area contributed by atoms with Crippen molar-refractivity contribution in [2.45, 2.75) is 4.90 Å². The predicted molar refractivity (Wildman–Crippen MR) is 43.8 cm³/mol. The summed E-state index contributed by atoms with van der Waals surface area (Å²) in [4.78, 5) is 1.25. The molecule has 0 radical (unpaired) electrons. The number of rotatable bonds is 3. The first kappa shape index (κ1) is 10.1. The van der Waals surface area contributed by atoms with Crippen LogP contribution in [0.3, 0.4) is 0 Å². The van der Waals surface area contributed by atoms with Crippen molar-refractivity contribution in [1.82, 2.24) is 10.2 Å². The molecule has 0 aliphatic heterocycles. The lowest BCUT2D eigenvalue weighted by Crippen LogP contribution is -2.35. The van der Waals surface area contributed by atoms with Gasteiger partial charge in [0.1, 0.15) is 0 Å². The molecule has 0 spiro atoms. The summed E-state index contributed by atoms with van der Waals surface area (Å²) >= 11 is 0. The van der Waals surface area contributed by atoms with Crippen LogP contribution in [-0.4, -0.2) is 19.0 Å². The first-order chi connectivity index (χ1) is 6.02. The molecule has 0 bridgehead atoms. The van der Waals surface area contributed by atoms with Gasteiger partial charge in [-0.2, -0.15) is 5.34 Å². The number of hydrogen-bond acceptors (Lipinski definition) is 5. The van der Waals surface area contributed by atoms with Crippen LogP contribution in [0, 0.1) is 5.21 Å². The standard InChI is InChI=1S/C6H7N2O4S/c9-8(10)7-13(11,12)6-4-2-1-3-5-6/h1-5,7,9H/q-1. The topological polar surface area (TPSA) is 92.7 Å². The van der Waals surface area contributed by atoms with Gasteiger partial charge in [0, 0.05) is 0 Å². The fourth-order valence-corrected chi connectivity index (χ4v) is 1.58. The Hall–Kier alpha value is -0.990. The minimum Gasteiger partial charge on any atom is -0.747 e. The van der Waals surface area contributed by atoms with Gasteiger partial charge in [0.15, 0.2) is 0 Å². The number of nitrogens with one attached hydrogen (secondary N) is 1. The smallest absolute Gasteiger partial charge is 0.254 e. The van der Waals surface area contributed by atoms with Gasteiger partial charge in [0.2, 0.25) is 0 Å². The number of nitrogens with zero attached hydrogens (tertiary/aromatic N) is 1. The maximum atomic E-state index is 11.1. The molecule has 72 valence electrons. The van der Waals surface area contributed by atoms with Gasteiger partial charge in [-0.1, -0.05) is 18.2 Å². The van der Waals surface area contributed by atoms with E-state index in [1.54, 1.807) is 6.07 Å². The Labute approximate surface area is 75.0 Å². The first-order valence-corrected chi connectivity index (χ1v) is 4.74. The van der Waals surface area contributed by atoms with Gasteiger partial charge in [-0.05, 0) is 12.1 Å². The van der Waals surface area contributed by atoms with Crippen LogP contribution in [0.15, 0.2) is 35.2 Å². The predicted octanol–water partition coefficient (Wildman–Crippen LogP) is 0.0689. The summed E-state index contributed by atoms with van der Waals surface area (Å²) in [5, 5.41) is 17.3. The fourth-order valence-electron chi connectivity index (χ4n) is 0.755. The highest BCUT2D eigenvalue weighted by Crippen LogP contribution is 2.06. The molecule has 0 saturated heterocycles. The van der Waals surface area contributed by atoms with Crippen molar-refractivity contribution in [1.29, 1.82) is 0 Å². The number of hydrogen-bond donors (Lipinski definition) is 2. The van der Waals surface area contributed by atoms with Gasteiger partial charge in [-0.15, -0.1) is 4.83 Å². The third-order valence-corrected chi connectivity index (χ3v) is 2.54. The quantitative estimate of drug-likeness (QED) is 0.678. The van der Waals surface area contributed by atoms with Crippen LogP contribution in [0.25, 0.3) is 0 Å². The minimum atomic E-state index is -3.95. The molecule has 1 rings (SSSR count). The van der Waals surface area contributed by atoms with Crippen molar-refractivity contribution in [2.75, 3.05) is 0 Å². The molecule has 7 heteroatoms. The van der Waals surface area contributed by atoms with Crippen molar-refractivity contribution in [2.24, 2.45) is 0 Å². The molecule has 0 saturated carbocycles. The Morgan fingerprint density at radius 1 is 1.31 bits per heavy atom. The van der Waals surface area contributed by atoms with Crippen LogP contribution in [0.5, 0.6) is 0 Å². The van der Waals surface area contributed by atoms with Gasteiger partial charge >= 0.3 is 0 Å². The summed E-state index contributed by atoms with van der Waals surface area (Å²) in [6.07, 6.45) is 0. The van der Waals surface area contributed by atoms with Crippen molar-refractivity contribution in [3.63, 3.8) is 0 Å². The van der Waals surface area contributed by atoms with E-state index in [-0.39, 0.29) is 4.90 Å². The van der Waals surface area contributed by atoms with Crippen molar-refractivity contribution in [3.05, 3.63) is 35.5 Å². The van der Waals surface area contributed by atoms with Gasteiger partial charge in [-0.25, -0.2) is 8.42 Å². The van der Waals surface area contributed by atoms with Gasteiger partial charge in [0.05, 0.1) is 4.90 Å². The maximum absolute atomic E-state index is 11.1. The monoisotopic (exact) mass is 203 g/mol. The van der Waals surface area contributed by atoms with Crippen LogP contribution in [0.1, 0.15) is 0 Å². The first-order valence-electron chi connectivity index (χ1n) is 3.26. The molecule has 6 nitrogen and oxygen atoms in total. The molecule has 0 atom stereocenters. The SMILES string of the molecule is O=S(=O)(NN([O-])O)c1ccccc1. The van der Waals surface area contributed by atoms with Gasteiger partial charge in [-0.3, -0.25) is 0 Å². The Balaban J connectivity index is 2.96. The highest BCUT2D eigenvalue weighted by molar-refractivity contribution is 7.89. The average molecular weight is 203 g/mol. The number of benzene rings is 1. The molecule has 1 aromatic carbocycles. The van der Waals surface area contributed by atoms with Crippen LogP contribution in [0.4, 0.5) is 0 Å². The summed E-state index contributed by atoms with van der Waals surface area (Å²) in [5.74, 6) is 0. The van der Waals surface area contributed by atoms with E-state index in [0.29, 0.717) is 0 Å². The second-order valence-electron chi connectivity index (χ2n) is 2.18. The minimum absolute atomic E-state index is 0.0927. The third-order valence-electron chi connectivity index (χ3n) is 1.25. The van der Waals surface area contributed by atoms with E-state index in [4.69, 9.17) is 5.21 Å². The highest BCUT2D eigenvalue weighted by Gasteiger charge is 2.12. The summed E-state index contributed by atoms with van der Waals surface area (Å²) in [6, 6.07) is 7.23.